The molecule has 35 heavy (non-hydrogen) atoms. The van der Waals surface area contributed by atoms with Crippen LogP contribution in [0.1, 0.15) is 122 Å². The van der Waals surface area contributed by atoms with Crippen molar-refractivity contribution in [1.82, 2.24) is 14.6 Å². The molecule has 0 N–H and O–H groups in total. The molecule has 4 rings (SSSR count). The summed E-state index contributed by atoms with van der Waals surface area (Å²) in [5.41, 5.74) is 2.98. The summed E-state index contributed by atoms with van der Waals surface area (Å²) in [6, 6.07) is 7.86. The monoisotopic (exact) mass is 480 g/mol. The Balaban J connectivity index is 1.13. The van der Waals surface area contributed by atoms with E-state index < -0.39 is 0 Å². The maximum Gasteiger partial charge on any atom is 0.410 e. The number of unbranched alkanes of at least 4 members (excludes halogenated alkanes) is 14. The van der Waals surface area contributed by atoms with Crippen molar-refractivity contribution in [1.29, 1.82) is 0 Å². The summed E-state index contributed by atoms with van der Waals surface area (Å²) in [4.78, 5) is 19.0. The molecule has 1 fully saturated rings. The molecule has 192 valence electrons. The van der Waals surface area contributed by atoms with Gasteiger partial charge in [0, 0.05) is 0 Å². The zero-order valence-electron chi connectivity index (χ0n) is 21.7. The predicted molar refractivity (Wildman–Crippen MR) is 143 cm³/mol. The van der Waals surface area contributed by atoms with Crippen LogP contribution in [0.3, 0.4) is 0 Å². The normalized spacial score (nSPS) is 17.3. The van der Waals surface area contributed by atoms with E-state index in [1.807, 2.05) is 28.9 Å². The maximum absolute atomic E-state index is 12.4. The average Bonchev–Trinajstić information content (AvgIpc) is 3.54. The molecule has 2 aromatic rings. The Bertz CT molecular complexity index is 967. The van der Waals surface area contributed by atoms with E-state index in [1.165, 1.54) is 89.9 Å². The molecule has 1 amide bonds. The van der Waals surface area contributed by atoms with Crippen LogP contribution in [-0.4, -0.2) is 39.5 Å². The Morgan fingerprint density at radius 1 is 0.857 bits per heavy atom. The van der Waals surface area contributed by atoms with Crippen molar-refractivity contribution in [2.45, 2.75) is 116 Å². The Morgan fingerprint density at radius 2 is 1.46 bits per heavy atom. The van der Waals surface area contributed by atoms with Crippen LogP contribution in [-0.2, 0) is 4.74 Å². The van der Waals surface area contributed by atoms with E-state index in [4.69, 9.17) is 14.8 Å². The molecule has 1 aromatic heterocycles. The van der Waals surface area contributed by atoms with E-state index in [9.17, 15) is 4.79 Å². The molecule has 1 atom stereocenters. The van der Waals surface area contributed by atoms with Crippen molar-refractivity contribution in [2.24, 2.45) is 5.10 Å². The number of imidazole rings is 1. The second-order valence-electron chi connectivity index (χ2n) is 10.3. The van der Waals surface area contributed by atoms with Gasteiger partial charge in [-0.25, -0.2) is 14.5 Å². The number of amides is 1. The number of nitrogens with zero attached hydrogens (tertiary/aromatic N) is 4. The highest BCUT2D eigenvalue weighted by molar-refractivity contribution is 5.96. The summed E-state index contributed by atoms with van der Waals surface area (Å²) in [6.45, 7) is 3.33. The minimum atomic E-state index is -0.250. The largest absolute Gasteiger partial charge is 0.448 e. The number of cyclic esters (lactones) is 1. The number of hydrogen-bond donors (Lipinski definition) is 0. The summed E-state index contributed by atoms with van der Waals surface area (Å²) in [7, 11) is 0. The first-order valence-electron chi connectivity index (χ1n) is 14.3. The van der Waals surface area contributed by atoms with Crippen molar-refractivity contribution in [2.75, 3.05) is 13.2 Å². The lowest BCUT2D eigenvalue weighted by Gasteiger charge is -2.21. The number of carbonyl (C=O) groups excluding carboxylic acids is 1. The molecule has 1 saturated heterocycles. The Labute approximate surface area is 211 Å². The third kappa shape index (κ3) is 6.86. The van der Waals surface area contributed by atoms with E-state index in [-0.39, 0.29) is 12.1 Å². The maximum atomic E-state index is 12.4. The van der Waals surface area contributed by atoms with Crippen LogP contribution in [0.2, 0.25) is 0 Å². The average molecular weight is 481 g/mol. The highest BCUT2D eigenvalue weighted by Crippen LogP contribution is 2.34. The van der Waals surface area contributed by atoms with Crippen molar-refractivity contribution >= 4 is 22.8 Å². The van der Waals surface area contributed by atoms with Gasteiger partial charge in [-0.2, -0.15) is 5.10 Å². The molecule has 1 unspecified atom stereocenters. The SMILES string of the molecule is CCCCCCCCCCCCCCCCCC1=Nn2c(nc3ccccc32)C1N1CCOC1=O. The van der Waals surface area contributed by atoms with Gasteiger partial charge in [-0.1, -0.05) is 109 Å². The van der Waals surface area contributed by atoms with Gasteiger partial charge in [0.15, 0.2) is 5.82 Å². The van der Waals surface area contributed by atoms with Gasteiger partial charge in [-0.3, -0.25) is 4.90 Å². The van der Waals surface area contributed by atoms with Gasteiger partial charge in [0.25, 0.3) is 0 Å². The zero-order chi connectivity index (χ0) is 24.3. The van der Waals surface area contributed by atoms with Crippen molar-refractivity contribution < 1.29 is 9.53 Å². The van der Waals surface area contributed by atoms with Crippen molar-refractivity contribution in [3.8, 4) is 0 Å². The highest BCUT2D eigenvalue weighted by atomic mass is 16.6. The third-order valence-electron chi connectivity index (χ3n) is 7.49. The first-order valence-corrected chi connectivity index (χ1v) is 14.3. The minimum absolute atomic E-state index is 0.191. The number of aromatic nitrogens is 2. The van der Waals surface area contributed by atoms with E-state index >= 15 is 0 Å². The summed E-state index contributed by atoms with van der Waals surface area (Å²) in [5, 5.41) is 4.93. The molecule has 1 aromatic carbocycles. The number of rotatable bonds is 17. The molecule has 0 radical (unpaired) electrons. The van der Waals surface area contributed by atoms with Crippen LogP contribution >= 0.6 is 0 Å². The molecule has 6 nitrogen and oxygen atoms in total. The molecular formula is C29H44N4O2. The Kier molecular flexibility index (Phi) is 10.0. The Morgan fingerprint density at radius 3 is 2.06 bits per heavy atom. The molecule has 0 saturated carbocycles. The molecule has 0 aliphatic carbocycles. The number of benzene rings is 1. The lowest BCUT2D eigenvalue weighted by Crippen LogP contribution is -2.33. The molecule has 0 bridgehead atoms. The highest BCUT2D eigenvalue weighted by Gasteiger charge is 2.40. The summed E-state index contributed by atoms with van der Waals surface area (Å²) < 4.78 is 7.18. The number of fused-ring (bicyclic) bond motifs is 3. The molecule has 2 aliphatic rings. The second-order valence-corrected chi connectivity index (χ2v) is 10.3. The smallest absolute Gasteiger partial charge is 0.410 e. The molecular weight excluding hydrogens is 436 g/mol. The minimum Gasteiger partial charge on any atom is -0.448 e. The standard InChI is InChI=1S/C29H44N4O2/c1-2-3-4-5-6-7-8-9-10-11-12-13-14-15-16-20-25-27(32-22-23-35-29(32)34)28-30-24-19-17-18-21-26(24)33(28)31-25/h17-19,21,27H,2-16,20,22-23H2,1H3. The Hall–Kier alpha value is -2.37. The number of ether oxygens (including phenoxy) is 1. The quantitative estimate of drug-likeness (QED) is 0.215. The topological polar surface area (TPSA) is 59.7 Å². The summed E-state index contributed by atoms with van der Waals surface area (Å²) >= 11 is 0. The van der Waals surface area contributed by atoms with Crippen LogP contribution in [0.15, 0.2) is 29.4 Å². The first-order chi connectivity index (χ1) is 17.3. The molecule has 2 aliphatic heterocycles. The lowest BCUT2D eigenvalue weighted by molar-refractivity contribution is 0.154. The van der Waals surface area contributed by atoms with E-state index in [0.717, 1.165) is 35.4 Å². The molecule has 0 spiro atoms. The number of para-hydroxylation sites is 2. The van der Waals surface area contributed by atoms with Gasteiger partial charge in [-0.05, 0) is 25.0 Å². The summed E-state index contributed by atoms with van der Waals surface area (Å²) in [6.07, 6.45) is 21.1. The predicted octanol–water partition coefficient (Wildman–Crippen LogP) is 8.01. The van der Waals surface area contributed by atoms with Gasteiger partial charge in [0.05, 0.1) is 23.3 Å². The van der Waals surface area contributed by atoms with E-state index in [0.29, 0.717) is 13.2 Å². The van der Waals surface area contributed by atoms with Crippen LogP contribution in [0.25, 0.3) is 11.0 Å². The molecule has 6 heteroatoms. The van der Waals surface area contributed by atoms with Gasteiger partial charge >= 0.3 is 6.09 Å². The number of carbonyl (C=O) groups is 1. The van der Waals surface area contributed by atoms with Crippen molar-refractivity contribution in [3.05, 3.63) is 30.1 Å². The van der Waals surface area contributed by atoms with E-state index in [1.54, 1.807) is 4.90 Å². The fourth-order valence-electron chi connectivity index (χ4n) is 5.47. The summed E-state index contributed by atoms with van der Waals surface area (Å²) in [5.74, 6) is 0.848. The van der Waals surface area contributed by atoms with Crippen molar-refractivity contribution in [3.63, 3.8) is 0 Å². The van der Waals surface area contributed by atoms with E-state index in [2.05, 4.69) is 6.92 Å². The van der Waals surface area contributed by atoms with Gasteiger partial charge < -0.3 is 4.74 Å². The van der Waals surface area contributed by atoms with Crippen LogP contribution in [0.5, 0.6) is 0 Å². The van der Waals surface area contributed by atoms with Crippen LogP contribution in [0.4, 0.5) is 4.79 Å². The van der Waals surface area contributed by atoms with Gasteiger partial charge in [0.1, 0.15) is 12.6 Å². The lowest BCUT2D eigenvalue weighted by atomic mass is 10.0. The number of hydrogen-bond acceptors (Lipinski definition) is 4. The fraction of sp³-hybridized carbons (Fsp3) is 0.690. The van der Waals surface area contributed by atoms with Gasteiger partial charge in [0.2, 0.25) is 0 Å². The van der Waals surface area contributed by atoms with Gasteiger partial charge in [-0.15, -0.1) is 0 Å². The second kappa shape index (κ2) is 13.6. The zero-order valence-corrected chi connectivity index (χ0v) is 21.7. The fourth-order valence-corrected chi connectivity index (χ4v) is 5.47. The third-order valence-corrected chi connectivity index (χ3v) is 7.49. The molecule has 3 heterocycles. The van der Waals surface area contributed by atoms with Crippen LogP contribution in [0, 0.1) is 0 Å². The van der Waals surface area contributed by atoms with Crippen LogP contribution < -0.4 is 0 Å². The first kappa shape index (κ1) is 25.7.